The van der Waals surface area contributed by atoms with E-state index in [1.54, 1.807) is 12.4 Å². The summed E-state index contributed by atoms with van der Waals surface area (Å²) < 4.78 is 5.90. The van der Waals surface area contributed by atoms with Gasteiger partial charge in [0, 0.05) is 37.9 Å². The standard InChI is InChI=1S/C19H27N3O3/c1-21-9-15(11-25-10-14-2-4-20-5-3-14)8-19(21)12-22(13-19)18(24)16-6-17(23)7-16/h2-5,15-17,23H,6-13H2,1H3/t15-,16?,17?/m1/s1. The van der Waals surface area contributed by atoms with E-state index in [9.17, 15) is 9.90 Å². The van der Waals surface area contributed by atoms with Crippen LogP contribution in [0.1, 0.15) is 24.8 Å². The molecule has 2 saturated heterocycles. The molecule has 0 radical (unpaired) electrons. The highest BCUT2D eigenvalue weighted by molar-refractivity contribution is 5.81. The van der Waals surface area contributed by atoms with Crippen LogP contribution in [-0.4, -0.2) is 70.7 Å². The molecule has 0 unspecified atom stereocenters. The quantitative estimate of drug-likeness (QED) is 0.859. The molecule has 6 heteroatoms. The number of hydrogen-bond donors (Lipinski definition) is 1. The molecule has 3 fully saturated rings. The minimum Gasteiger partial charge on any atom is -0.393 e. The van der Waals surface area contributed by atoms with E-state index < -0.39 is 0 Å². The number of likely N-dealkylation sites (N-methyl/N-ethyl adjacent to an activating group) is 1. The smallest absolute Gasteiger partial charge is 0.226 e. The molecule has 1 atom stereocenters. The van der Waals surface area contributed by atoms with Gasteiger partial charge >= 0.3 is 0 Å². The van der Waals surface area contributed by atoms with Crippen molar-refractivity contribution in [2.24, 2.45) is 11.8 Å². The number of amides is 1. The highest BCUT2D eigenvalue weighted by Gasteiger charge is 2.54. The second-order valence-electron chi connectivity index (χ2n) is 8.06. The van der Waals surface area contributed by atoms with Crippen LogP contribution in [-0.2, 0) is 16.1 Å². The van der Waals surface area contributed by atoms with Gasteiger partial charge in [-0.15, -0.1) is 0 Å². The first kappa shape index (κ1) is 16.9. The lowest BCUT2D eigenvalue weighted by Gasteiger charge is -2.53. The lowest BCUT2D eigenvalue weighted by Crippen LogP contribution is -2.69. The summed E-state index contributed by atoms with van der Waals surface area (Å²) in [6, 6.07) is 3.96. The van der Waals surface area contributed by atoms with Gasteiger partial charge in [-0.1, -0.05) is 0 Å². The van der Waals surface area contributed by atoms with Crippen molar-refractivity contribution >= 4 is 5.91 Å². The molecule has 1 spiro atoms. The molecule has 4 rings (SSSR count). The zero-order chi connectivity index (χ0) is 17.4. The van der Waals surface area contributed by atoms with Crippen molar-refractivity contribution in [1.29, 1.82) is 0 Å². The molecule has 2 aliphatic heterocycles. The first-order valence-corrected chi connectivity index (χ1v) is 9.20. The number of hydrogen-bond acceptors (Lipinski definition) is 5. The molecular weight excluding hydrogens is 318 g/mol. The second-order valence-corrected chi connectivity index (χ2v) is 8.06. The van der Waals surface area contributed by atoms with E-state index in [0.29, 0.717) is 25.4 Å². The monoisotopic (exact) mass is 345 g/mol. The van der Waals surface area contributed by atoms with Gasteiger partial charge in [0.1, 0.15) is 0 Å². The van der Waals surface area contributed by atoms with Gasteiger partial charge in [0.2, 0.25) is 5.91 Å². The second kappa shape index (κ2) is 6.67. The Morgan fingerprint density at radius 1 is 1.36 bits per heavy atom. The first-order chi connectivity index (χ1) is 12.1. The number of aliphatic hydroxyl groups excluding tert-OH is 1. The predicted octanol–water partition coefficient (Wildman–Crippen LogP) is 0.902. The van der Waals surface area contributed by atoms with E-state index in [2.05, 4.69) is 16.9 Å². The van der Waals surface area contributed by atoms with E-state index in [1.165, 1.54) is 0 Å². The fourth-order valence-corrected chi connectivity index (χ4v) is 4.51. The molecule has 6 nitrogen and oxygen atoms in total. The summed E-state index contributed by atoms with van der Waals surface area (Å²) in [5, 5.41) is 9.39. The molecule has 25 heavy (non-hydrogen) atoms. The summed E-state index contributed by atoms with van der Waals surface area (Å²) in [6.07, 6.45) is 5.70. The van der Waals surface area contributed by atoms with Gasteiger partial charge in [-0.25, -0.2) is 0 Å². The van der Waals surface area contributed by atoms with Crippen molar-refractivity contribution in [3.63, 3.8) is 0 Å². The van der Waals surface area contributed by atoms with Gasteiger partial charge in [0.15, 0.2) is 0 Å². The molecular formula is C19H27N3O3. The average molecular weight is 345 g/mol. The molecule has 0 aromatic carbocycles. The fraction of sp³-hybridized carbons (Fsp3) is 0.684. The number of ether oxygens (including phenoxy) is 1. The van der Waals surface area contributed by atoms with Gasteiger partial charge in [-0.2, -0.15) is 0 Å². The Bertz CT molecular complexity index is 612. The zero-order valence-electron chi connectivity index (χ0n) is 14.8. The molecule has 1 amide bonds. The molecule has 0 bridgehead atoms. The average Bonchev–Trinajstić information content (AvgIpc) is 2.87. The third kappa shape index (κ3) is 3.30. The number of carbonyl (C=O) groups excluding carboxylic acids is 1. The maximum Gasteiger partial charge on any atom is 0.226 e. The third-order valence-corrected chi connectivity index (χ3v) is 6.13. The third-order valence-electron chi connectivity index (χ3n) is 6.13. The van der Waals surface area contributed by atoms with Crippen LogP contribution in [0.2, 0.25) is 0 Å². The summed E-state index contributed by atoms with van der Waals surface area (Å²) >= 11 is 0. The zero-order valence-corrected chi connectivity index (χ0v) is 14.8. The summed E-state index contributed by atoms with van der Waals surface area (Å²) in [7, 11) is 2.16. The van der Waals surface area contributed by atoms with Crippen LogP contribution in [0, 0.1) is 11.8 Å². The van der Waals surface area contributed by atoms with E-state index >= 15 is 0 Å². The minimum absolute atomic E-state index is 0.0542. The van der Waals surface area contributed by atoms with Crippen molar-refractivity contribution in [3.8, 4) is 0 Å². The Labute approximate surface area is 148 Å². The topological polar surface area (TPSA) is 65.9 Å². The lowest BCUT2D eigenvalue weighted by molar-refractivity contribution is -0.154. The number of carbonyl (C=O) groups is 1. The highest BCUT2D eigenvalue weighted by atomic mass is 16.5. The molecule has 1 aliphatic carbocycles. The number of aromatic nitrogens is 1. The van der Waals surface area contributed by atoms with Gasteiger partial charge < -0.3 is 14.7 Å². The maximum atomic E-state index is 12.4. The summed E-state index contributed by atoms with van der Waals surface area (Å²) in [5.74, 6) is 0.815. The number of rotatable bonds is 5. The Morgan fingerprint density at radius 2 is 2.08 bits per heavy atom. The SMILES string of the molecule is CN1C[C@H](COCc2ccncc2)CC12CN(C(=O)C1CC(O)C1)C2. The highest BCUT2D eigenvalue weighted by Crippen LogP contribution is 2.41. The van der Waals surface area contributed by atoms with E-state index in [1.807, 2.05) is 17.0 Å². The fourth-order valence-electron chi connectivity index (χ4n) is 4.51. The van der Waals surface area contributed by atoms with E-state index in [4.69, 9.17) is 4.74 Å². The van der Waals surface area contributed by atoms with Crippen molar-refractivity contribution in [2.45, 2.75) is 37.5 Å². The van der Waals surface area contributed by atoms with Crippen molar-refractivity contribution in [1.82, 2.24) is 14.8 Å². The van der Waals surface area contributed by atoms with Crippen LogP contribution in [0.25, 0.3) is 0 Å². The number of pyridine rings is 1. The predicted molar refractivity (Wildman–Crippen MR) is 92.7 cm³/mol. The lowest BCUT2D eigenvalue weighted by atomic mass is 9.78. The Kier molecular flexibility index (Phi) is 4.52. The molecule has 1 aromatic heterocycles. The van der Waals surface area contributed by atoms with Crippen LogP contribution < -0.4 is 0 Å². The van der Waals surface area contributed by atoms with Crippen molar-refractivity contribution in [3.05, 3.63) is 30.1 Å². The van der Waals surface area contributed by atoms with Gasteiger partial charge in [-0.3, -0.25) is 14.7 Å². The summed E-state index contributed by atoms with van der Waals surface area (Å²) in [4.78, 5) is 20.8. The van der Waals surface area contributed by atoms with Gasteiger partial charge in [0.05, 0.1) is 24.9 Å². The molecule has 136 valence electrons. The van der Waals surface area contributed by atoms with Crippen molar-refractivity contribution in [2.75, 3.05) is 33.3 Å². The number of nitrogens with zero attached hydrogens (tertiary/aromatic N) is 3. The molecule has 1 aromatic rings. The molecule has 3 heterocycles. The molecule has 1 N–H and O–H groups in total. The maximum absolute atomic E-state index is 12.4. The number of likely N-dealkylation sites (tertiary alicyclic amines) is 2. The number of aliphatic hydroxyl groups is 1. The van der Waals surface area contributed by atoms with Gasteiger partial charge in [0.25, 0.3) is 0 Å². The van der Waals surface area contributed by atoms with Gasteiger partial charge in [-0.05, 0) is 49.9 Å². The summed E-state index contributed by atoms with van der Waals surface area (Å²) in [6.45, 7) is 4.08. The Morgan fingerprint density at radius 3 is 2.76 bits per heavy atom. The summed E-state index contributed by atoms with van der Waals surface area (Å²) in [5.41, 5.74) is 1.29. The van der Waals surface area contributed by atoms with E-state index in [-0.39, 0.29) is 23.5 Å². The van der Waals surface area contributed by atoms with E-state index in [0.717, 1.165) is 38.2 Å². The molecule has 1 saturated carbocycles. The van der Waals surface area contributed by atoms with Crippen LogP contribution in [0.4, 0.5) is 0 Å². The minimum atomic E-state index is -0.264. The van der Waals surface area contributed by atoms with Crippen LogP contribution in [0.15, 0.2) is 24.5 Å². The largest absolute Gasteiger partial charge is 0.393 e. The molecule has 3 aliphatic rings. The first-order valence-electron chi connectivity index (χ1n) is 9.20. The van der Waals surface area contributed by atoms with Crippen LogP contribution in [0.5, 0.6) is 0 Å². The Balaban J connectivity index is 1.23. The normalized spacial score (nSPS) is 31.0. The van der Waals surface area contributed by atoms with Crippen molar-refractivity contribution < 1.29 is 14.6 Å². The Hall–Kier alpha value is -1.50. The van der Waals surface area contributed by atoms with Crippen LogP contribution >= 0.6 is 0 Å². The van der Waals surface area contributed by atoms with Crippen LogP contribution in [0.3, 0.4) is 0 Å².